The smallest absolute Gasteiger partial charge is 0.101 e. The fourth-order valence-electron chi connectivity index (χ4n) is 1.88. The minimum atomic E-state index is 1.06. The van der Waals surface area contributed by atoms with Gasteiger partial charge in [-0.25, -0.2) is 0 Å². The molecule has 1 rings (SSSR count). The van der Waals surface area contributed by atoms with Crippen LogP contribution in [0.15, 0.2) is 18.2 Å². The maximum atomic E-state index is 3.36. The number of hydrogen-bond donors (Lipinski definition) is 1. The summed E-state index contributed by atoms with van der Waals surface area (Å²) in [7, 11) is 2.23. The molecule has 1 aromatic carbocycles. The van der Waals surface area contributed by atoms with Crippen LogP contribution in [0.5, 0.6) is 0 Å². The van der Waals surface area contributed by atoms with Crippen molar-refractivity contribution in [1.82, 2.24) is 5.32 Å². The molecule has 0 saturated carbocycles. The average molecular weight is 203 g/mol. The molecule has 0 aliphatic carbocycles. The third kappa shape index (κ3) is 4.09. The normalized spacial score (nSPS) is 10.5. The van der Waals surface area contributed by atoms with E-state index in [1.807, 2.05) is 0 Å². The van der Waals surface area contributed by atoms with Crippen LogP contribution in [-0.4, -0.2) is 20.9 Å². The first-order chi connectivity index (χ1) is 7.27. The highest BCUT2D eigenvalue weighted by atomic mass is 14.8. The molecule has 15 heavy (non-hydrogen) atoms. The third-order valence-electron chi connectivity index (χ3n) is 2.77. The Hall–Kier alpha value is -0.755. The Balaban J connectivity index is 2.58. The van der Waals surface area contributed by atoms with Crippen LogP contribution < -0.4 is 5.32 Å². The topological polar surface area (TPSA) is 12.0 Å². The van der Waals surface area contributed by atoms with Gasteiger partial charge in [0.2, 0.25) is 0 Å². The quantitative estimate of drug-likeness (QED) is 0.548. The molecule has 2 heteroatoms. The molecule has 0 heterocycles. The van der Waals surface area contributed by atoms with E-state index in [0.29, 0.717) is 0 Å². The molecular formula is C13H22BN. The Morgan fingerprint density at radius 2 is 2.07 bits per heavy atom. The molecule has 0 aliphatic heterocycles. The average Bonchev–Trinajstić information content (AvgIpc) is 2.22. The Kier molecular flexibility index (Phi) is 5.48. The van der Waals surface area contributed by atoms with Crippen molar-refractivity contribution in [3.63, 3.8) is 0 Å². The van der Waals surface area contributed by atoms with Gasteiger partial charge in [0.05, 0.1) is 0 Å². The molecule has 0 atom stereocenters. The lowest BCUT2D eigenvalue weighted by Gasteiger charge is -2.08. The van der Waals surface area contributed by atoms with Gasteiger partial charge in [0.25, 0.3) is 0 Å². The van der Waals surface area contributed by atoms with Crippen LogP contribution in [0.25, 0.3) is 0 Å². The van der Waals surface area contributed by atoms with E-state index >= 15 is 0 Å². The third-order valence-corrected chi connectivity index (χ3v) is 2.77. The first-order valence-electron chi connectivity index (χ1n) is 6.07. The fourth-order valence-corrected chi connectivity index (χ4v) is 1.88. The minimum absolute atomic E-state index is 1.06. The number of nitrogens with one attached hydrogen (secondary N) is 1. The zero-order chi connectivity index (χ0) is 11.1. The van der Waals surface area contributed by atoms with E-state index in [1.54, 1.807) is 0 Å². The Morgan fingerprint density at radius 3 is 2.67 bits per heavy atom. The molecule has 0 spiro atoms. The highest BCUT2D eigenvalue weighted by Crippen LogP contribution is 2.12. The van der Waals surface area contributed by atoms with Crippen LogP contribution in [-0.2, 0) is 12.8 Å². The summed E-state index contributed by atoms with van der Waals surface area (Å²) in [6.07, 6.45) is 3.58. The lowest BCUT2D eigenvalue weighted by Crippen LogP contribution is -2.16. The van der Waals surface area contributed by atoms with E-state index in [2.05, 4.69) is 45.2 Å². The number of benzene rings is 1. The van der Waals surface area contributed by atoms with Gasteiger partial charge in [-0.05, 0) is 49.5 Å². The molecule has 0 saturated heterocycles. The number of likely N-dealkylation sites (N-methyl/N-ethyl adjacent to an activating group) is 1. The van der Waals surface area contributed by atoms with Gasteiger partial charge in [0, 0.05) is 0 Å². The van der Waals surface area contributed by atoms with E-state index in [0.717, 1.165) is 19.5 Å². The van der Waals surface area contributed by atoms with Crippen molar-refractivity contribution >= 4 is 7.85 Å². The highest BCUT2D eigenvalue weighted by molar-refractivity contribution is 6.08. The zero-order valence-corrected chi connectivity index (χ0v) is 10.3. The molecule has 0 aliphatic rings. The second-order valence-corrected chi connectivity index (χ2v) is 4.11. The molecule has 1 nitrogen and oxygen atoms in total. The van der Waals surface area contributed by atoms with Crippen LogP contribution >= 0.6 is 0 Å². The molecule has 0 aromatic heterocycles. The molecule has 0 unspecified atom stereocenters. The number of rotatable bonds is 6. The van der Waals surface area contributed by atoms with Crippen LogP contribution in [0, 0.1) is 6.92 Å². The molecule has 0 radical (unpaired) electrons. The summed E-state index contributed by atoms with van der Waals surface area (Å²) in [6, 6.07) is 6.90. The molecular weight excluding hydrogens is 181 g/mol. The summed E-state index contributed by atoms with van der Waals surface area (Å²) in [6.45, 7) is 6.52. The van der Waals surface area contributed by atoms with Gasteiger partial charge >= 0.3 is 0 Å². The molecule has 1 N–H and O–H groups in total. The monoisotopic (exact) mass is 203 g/mol. The summed E-state index contributed by atoms with van der Waals surface area (Å²) in [5.74, 6) is 0. The van der Waals surface area contributed by atoms with E-state index in [1.165, 1.54) is 29.4 Å². The summed E-state index contributed by atoms with van der Waals surface area (Å²) in [4.78, 5) is 0. The van der Waals surface area contributed by atoms with Crippen LogP contribution in [0.2, 0.25) is 6.32 Å². The van der Waals surface area contributed by atoms with Crippen LogP contribution in [0.1, 0.15) is 23.6 Å². The van der Waals surface area contributed by atoms with E-state index < -0.39 is 0 Å². The Labute approximate surface area is 94.7 Å². The SMILES string of the molecule is BCCc1ccc(CCNCC)c(C)c1. The number of aryl methyl sites for hydroxylation is 2. The molecule has 82 valence electrons. The summed E-state index contributed by atoms with van der Waals surface area (Å²) in [5.41, 5.74) is 4.40. The maximum Gasteiger partial charge on any atom is 0.101 e. The first kappa shape index (κ1) is 12.3. The summed E-state index contributed by atoms with van der Waals surface area (Å²) in [5, 5.41) is 3.36. The maximum absolute atomic E-state index is 3.36. The number of hydrogen-bond acceptors (Lipinski definition) is 1. The van der Waals surface area contributed by atoms with Gasteiger partial charge in [-0.2, -0.15) is 0 Å². The van der Waals surface area contributed by atoms with Gasteiger partial charge in [-0.3, -0.25) is 0 Å². The minimum Gasteiger partial charge on any atom is -0.317 e. The Morgan fingerprint density at radius 1 is 1.27 bits per heavy atom. The molecule has 0 fully saturated rings. The fraction of sp³-hybridized carbons (Fsp3) is 0.538. The molecule has 0 amide bonds. The van der Waals surface area contributed by atoms with Gasteiger partial charge in [0.15, 0.2) is 0 Å². The van der Waals surface area contributed by atoms with Crippen LogP contribution in [0.4, 0.5) is 0 Å². The van der Waals surface area contributed by atoms with E-state index in [9.17, 15) is 0 Å². The van der Waals surface area contributed by atoms with Crippen molar-refractivity contribution in [3.05, 3.63) is 34.9 Å². The predicted molar refractivity (Wildman–Crippen MR) is 70.5 cm³/mol. The largest absolute Gasteiger partial charge is 0.317 e. The summed E-state index contributed by atoms with van der Waals surface area (Å²) >= 11 is 0. The first-order valence-corrected chi connectivity index (χ1v) is 6.07. The predicted octanol–water partition coefficient (Wildman–Crippen LogP) is 1.74. The lowest BCUT2D eigenvalue weighted by atomic mass is 9.94. The van der Waals surface area contributed by atoms with Crippen molar-refractivity contribution in [1.29, 1.82) is 0 Å². The van der Waals surface area contributed by atoms with Crippen molar-refractivity contribution in [3.8, 4) is 0 Å². The van der Waals surface area contributed by atoms with Gasteiger partial charge in [0.1, 0.15) is 7.85 Å². The van der Waals surface area contributed by atoms with Gasteiger partial charge in [-0.1, -0.05) is 31.4 Å². The second kappa shape index (κ2) is 6.68. The van der Waals surface area contributed by atoms with E-state index in [4.69, 9.17) is 0 Å². The Bertz CT molecular complexity index is 297. The highest BCUT2D eigenvalue weighted by Gasteiger charge is 1.99. The van der Waals surface area contributed by atoms with Gasteiger partial charge < -0.3 is 5.32 Å². The molecule has 1 aromatic rings. The van der Waals surface area contributed by atoms with Crippen molar-refractivity contribution < 1.29 is 0 Å². The van der Waals surface area contributed by atoms with Crippen molar-refractivity contribution in [2.75, 3.05) is 13.1 Å². The molecule has 0 bridgehead atoms. The van der Waals surface area contributed by atoms with E-state index in [-0.39, 0.29) is 0 Å². The standard InChI is InChI=1S/C13H22BN/c1-3-15-9-7-13-5-4-12(6-8-14)10-11(13)2/h4-5,10,15H,3,6-9,14H2,1-2H3. The van der Waals surface area contributed by atoms with Gasteiger partial charge in [-0.15, -0.1) is 0 Å². The van der Waals surface area contributed by atoms with Crippen molar-refractivity contribution in [2.24, 2.45) is 0 Å². The zero-order valence-electron chi connectivity index (χ0n) is 10.3. The second-order valence-electron chi connectivity index (χ2n) is 4.11. The van der Waals surface area contributed by atoms with Crippen LogP contribution in [0.3, 0.4) is 0 Å². The summed E-state index contributed by atoms with van der Waals surface area (Å²) < 4.78 is 0. The lowest BCUT2D eigenvalue weighted by molar-refractivity contribution is 0.715. The van der Waals surface area contributed by atoms with Crippen molar-refractivity contribution in [2.45, 2.75) is 33.0 Å².